The fourth-order valence-corrected chi connectivity index (χ4v) is 1.76. The van der Waals surface area contributed by atoms with Gasteiger partial charge in [0.25, 0.3) is 5.91 Å². The van der Waals surface area contributed by atoms with Crippen molar-refractivity contribution in [1.82, 2.24) is 5.43 Å². The molecular formula is C13H11IN2O2. The maximum absolute atomic E-state index is 11.7. The second kappa shape index (κ2) is 5.81. The Morgan fingerprint density at radius 3 is 2.61 bits per heavy atom. The summed E-state index contributed by atoms with van der Waals surface area (Å²) in [5, 5.41) is 3.83. The van der Waals surface area contributed by atoms with E-state index < -0.39 is 0 Å². The number of aryl methyl sites for hydroxylation is 1. The Hall–Kier alpha value is -1.63. The lowest BCUT2D eigenvalue weighted by atomic mass is 10.1. The second-order valence-corrected chi connectivity index (χ2v) is 4.77. The molecule has 0 aliphatic heterocycles. The number of carbonyl (C=O) groups is 1. The van der Waals surface area contributed by atoms with E-state index in [1.807, 2.05) is 25.1 Å². The Balaban J connectivity index is 1.96. The number of hydrogen-bond acceptors (Lipinski definition) is 3. The third kappa shape index (κ3) is 3.43. The van der Waals surface area contributed by atoms with Crippen molar-refractivity contribution < 1.29 is 9.21 Å². The van der Waals surface area contributed by atoms with Gasteiger partial charge in [0.2, 0.25) is 0 Å². The minimum atomic E-state index is -0.243. The lowest BCUT2D eigenvalue weighted by molar-refractivity contribution is 0.0955. The number of hydrazone groups is 1. The molecule has 0 aliphatic rings. The van der Waals surface area contributed by atoms with Gasteiger partial charge >= 0.3 is 0 Å². The molecule has 0 fully saturated rings. The van der Waals surface area contributed by atoms with Crippen LogP contribution in [0, 0.1) is 10.7 Å². The summed E-state index contributed by atoms with van der Waals surface area (Å²) in [6.45, 7) is 1.97. The number of nitrogens with one attached hydrogen (secondary N) is 1. The van der Waals surface area contributed by atoms with Crippen LogP contribution in [0.15, 0.2) is 45.9 Å². The summed E-state index contributed by atoms with van der Waals surface area (Å²) in [4.78, 5) is 11.7. The van der Waals surface area contributed by atoms with Crippen molar-refractivity contribution in [2.75, 3.05) is 0 Å². The molecule has 0 atom stereocenters. The first-order valence-electron chi connectivity index (χ1n) is 5.30. The number of carbonyl (C=O) groups excluding carboxylic acids is 1. The smallest absolute Gasteiger partial charge is 0.271 e. The molecule has 2 aromatic rings. The summed E-state index contributed by atoms with van der Waals surface area (Å²) in [5.74, 6) is 0.358. The van der Waals surface area contributed by atoms with Crippen molar-refractivity contribution in [2.24, 2.45) is 5.10 Å². The summed E-state index contributed by atoms with van der Waals surface area (Å²) in [6, 6.07) is 10.9. The van der Waals surface area contributed by atoms with Crippen LogP contribution in [-0.2, 0) is 0 Å². The first-order chi connectivity index (χ1) is 8.65. The standard InChI is InChI=1S/C13H11IN2O2/c1-9-2-4-10(5-3-9)13(17)16-15-8-11-6-7-12(14)18-11/h2-8H,1H3,(H,16,17)/b15-8-. The molecule has 0 aliphatic carbocycles. The lowest BCUT2D eigenvalue weighted by Gasteiger charge is -1.99. The maximum atomic E-state index is 11.7. The topological polar surface area (TPSA) is 54.6 Å². The number of furan rings is 1. The van der Waals surface area contributed by atoms with Crippen LogP contribution < -0.4 is 5.43 Å². The van der Waals surface area contributed by atoms with Gasteiger partial charge in [-0.05, 0) is 53.8 Å². The second-order valence-electron chi connectivity index (χ2n) is 3.71. The van der Waals surface area contributed by atoms with Crippen LogP contribution in [0.2, 0.25) is 0 Å². The first kappa shape index (κ1) is 12.8. The van der Waals surface area contributed by atoms with E-state index in [0.717, 1.165) is 9.33 Å². The molecule has 1 N–H and O–H groups in total. The van der Waals surface area contributed by atoms with E-state index in [-0.39, 0.29) is 5.91 Å². The molecule has 1 aromatic heterocycles. The average molecular weight is 354 g/mol. The van der Waals surface area contributed by atoms with Gasteiger partial charge in [-0.25, -0.2) is 5.43 Å². The maximum Gasteiger partial charge on any atom is 0.271 e. The highest BCUT2D eigenvalue weighted by molar-refractivity contribution is 14.1. The number of hydrogen-bond donors (Lipinski definition) is 1. The van der Waals surface area contributed by atoms with Gasteiger partial charge in [-0.3, -0.25) is 4.79 Å². The van der Waals surface area contributed by atoms with E-state index >= 15 is 0 Å². The monoisotopic (exact) mass is 354 g/mol. The predicted octanol–water partition coefficient (Wildman–Crippen LogP) is 2.96. The zero-order chi connectivity index (χ0) is 13.0. The van der Waals surface area contributed by atoms with Gasteiger partial charge in [0, 0.05) is 5.56 Å². The van der Waals surface area contributed by atoms with Gasteiger partial charge < -0.3 is 4.42 Å². The lowest BCUT2D eigenvalue weighted by Crippen LogP contribution is -2.17. The van der Waals surface area contributed by atoms with E-state index in [1.165, 1.54) is 6.21 Å². The molecule has 1 amide bonds. The van der Waals surface area contributed by atoms with Crippen molar-refractivity contribution >= 4 is 34.7 Å². The van der Waals surface area contributed by atoms with Gasteiger partial charge in [-0.1, -0.05) is 17.7 Å². The molecule has 1 heterocycles. The zero-order valence-electron chi connectivity index (χ0n) is 9.68. The molecule has 0 spiro atoms. The quantitative estimate of drug-likeness (QED) is 0.524. The Labute approximate surface area is 118 Å². The van der Waals surface area contributed by atoms with Gasteiger partial charge in [-0.2, -0.15) is 5.10 Å². The van der Waals surface area contributed by atoms with E-state index in [2.05, 4.69) is 33.1 Å². The van der Waals surface area contributed by atoms with Crippen LogP contribution in [0.3, 0.4) is 0 Å². The van der Waals surface area contributed by atoms with E-state index in [4.69, 9.17) is 4.42 Å². The third-order valence-electron chi connectivity index (χ3n) is 2.27. The van der Waals surface area contributed by atoms with Crippen molar-refractivity contribution in [2.45, 2.75) is 6.92 Å². The minimum absolute atomic E-state index is 0.243. The highest BCUT2D eigenvalue weighted by Gasteiger charge is 2.02. The average Bonchev–Trinajstić information content (AvgIpc) is 2.76. The highest BCUT2D eigenvalue weighted by Crippen LogP contribution is 2.07. The van der Waals surface area contributed by atoms with Gasteiger partial charge in [-0.15, -0.1) is 0 Å². The summed E-state index contributed by atoms with van der Waals surface area (Å²) in [5.41, 5.74) is 4.13. The van der Waals surface area contributed by atoms with E-state index in [0.29, 0.717) is 11.3 Å². The first-order valence-corrected chi connectivity index (χ1v) is 6.38. The molecular weight excluding hydrogens is 343 g/mol. The van der Waals surface area contributed by atoms with Gasteiger partial charge in [0.15, 0.2) is 3.77 Å². The summed E-state index contributed by atoms with van der Waals surface area (Å²) in [6.07, 6.45) is 1.47. The Morgan fingerprint density at radius 1 is 1.28 bits per heavy atom. The number of rotatable bonds is 3. The van der Waals surface area contributed by atoms with Crippen LogP contribution in [0.5, 0.6) is 0 Å². The van der Waals surface area contributed by atoms with Crippen molar-refractivity contribution in [1.29, 1.82) is 0 Å². The van der Waals surface area contributed by atoms with E-state index in [9.17, 15) is 4.79 Å². The molecule has 92 valence electrons. The molecule has 0 bridgehead atoms. The number of halogens is 1. The Kier molecular flexibility index (Phi) is 4.14. The van der Waals surface area contributed by atoms with Crippen LogP contribution in [-0.4, -0.2) is 12.1 Å². The number of nitrogens with zero attached hydrogens (tertiary/aromatic N) is 1. The Bertz CT molecular complexity index is 573. The summed E-state index contributed by atoms with van der Waals surface area (Å²) < 4.78 is 6.05. The summed E-state index contributed by atoms with van der Waals surface area (Å²) >= 11 is 2.06. The van der Waals surface area contributed by atoms with Crippen LogP contribution in [0.25, 0.3) is 0 Å². The highest BCUT2D eigenvalue weighted by atomic mass is 127. The molecule has 2 rings (SSSR count). The van der Waals surface area contributed by atoms with Crippen molar-refractivity contribution in [3.8, 4) is 0 Å². The van der Waals surface area contributed by atoms with E-state index in [1.54, 1.807) is 18.2 Å². The number of benzene rings is 1. The number of amides is 1. The molecule has 5 heteroatoms. The van der Waals surface area contributed by atoms with Crippen LogP contribution in [0.4, 0.5) is 0 Å². The molecule has 0 radical (unpaired) electrons. The predicted molar refractivity (Wildman–Crippen MR) is 77.7 cm³/mol. The normalized spacial score (nSPS) is 10.8. The molecule has 0 saturated heterocycles. The van der Waals surface area contributed by atoms with Crippen LogP contribution >= 0.6 is 22.6 Å². The SMILES string of the molecule is Cc1ccc(C(=O)N/N=C\c2ccc(I)o2)cc1. The van der Waals surface area contributed by atoms with Gasteiger partial charge in [0.05, 0.1) is 6.21 Å². The molecule has 4 nitrogen and oxygen atoms in total. The largest absolute Gasteiger partial charge is 0.449 e. The fraction of sp³-hybridized carbons (Fsp3) is 0.0769. The molecule has 1 aromatic carbocycles. The Morgan fingerprint density at radius 2 is 2.00 bits per heavy atom. The minimum Gasteiger partial charge on any atom is -0.449 e. The van der Waals surface area contributed by atoms with Crippen LogP contribution in [0.1, 0.15) is 21.7 Å². The zero-order valence-corrected chi connectivity index (χ0v) is 11.8. The molecule has 0 saturated carbocycles. The molecule has 0 unspecified atom stereocenters. The summed E-state index contributed by atoms with van der Waals surface area (Å²) in [7, 11) is 0. The van der Waals surface area contributed by atoms with Gasteiger partial charge in [0.1, 0.15) is 5.76 Å². The molecule has 18 heavy (non-hydrogen) atoms. The van der Waals surface area contributed by atoms with Crippen molar-refractivity contribution in [3.05, 3.63) is 57.1 Å². The third-order valence-corrected chi connectivity index (χ3v) is 2.85. The van der Waals surface area contributed by atoms with Crippen molar-refractivity contribution in [3.63, 3.8) is 0 Å². The fourth-order valence-electron chi connectivity index (χ4n) is 1.32.